The third-order valence-corrected chi connectivity index (χ3v) is 13.1. The predicted octanol–water partition coefficient (Wildman–Crippen LogP) is 4.43. The van der Waals surface area contributed by atoms with Crippen molar-refractivity contribution in [3.63, 3.8) is 0 Å². The summed E-state index contributed by atoms with van der Waals surface area (Å²) in [7, 11) is 1.69. The molecule has 1 aliphatic carbocycles. The van der Waals surface area contributed by atoms with Crippen LogP contribution in [0.15, 0.2) is 45.2 Å². The van der Waals surface area contributed by atoms with Gasteiger partial charge in [-0.15, -0.1) is 0 Å². The zero-order valence-electron chi connectivity index (χ0n) is 20.1. The van der Waals surface area contributed by atoms with Crippen molar-refractivity contribution in [1.82, 2.24) is 8.43 Å². The van der Waals surface area contributed by atoms with E-state index in [9.17, 15) is 0 Å². The Morgan fingerprint density at radius 1 is 1.31 bits per heavy atom. The fourth-order valence-corrected chi connectivity index (χ4v) is 11.5. The van der Waals surface area contributed by atoms with Gasteiger partial charge in [-0.3, -0.25) is 0 Å². The molecule has 0 aromatic rings. The van der Waals surface area contributed by atoms with Crippen LogP contribution in [0, 0.1) is 11.8 Å². The Labute approximate surface area is 201 Å². The first kappa shape index (κ1) is 24.0. The number of ether oxygens (including phenoxy) is 1. The Morgan fingerprint density at radius 3 is 2.78 bits per heavy atom. The normalized spacial score (nSPS) is 29.5. The minimum absolute atomic E-state index is 0.284. The van der Waals surface area contributed by atoms with Gasteiger partial charge in [0.1, 0.15) is 0 Å². The van der Waals surface area contributed by atoms with E-state index in [1.807, 2.05) is 6.92 Å². The van der Waals surface area contributed by atoms with Gasteiger partial charge in [0, 0.05) is 0 Å². The van der Waals surface area contributed by atoms with Gasteiger partial charge < -0.3 is 0 Å². The molecule has 3 N–H and O–H groups in total. The molecule has 0 saturated carbocycles. The van der Waals surface area contributed by atoms with Crippen molar-refractivity contribution in [2.24, 2.45) is 27.6 Å². The fraction of sp³-hybridized carbons (Fsp3) is 0.680. The molecule has 3 aliphatic heterocycles. The van der Waals surface area contributed by atoms with E-state index in [0.29, 0.717) is 11.9 Å². The van der Waals surface area contributed by atoms with Crippen molar-refractivity contribution in [3.05, 3.63) is 35.2 Å². The number of aliphatic imine (C=N–C) groups is 2. The zero-order chi connectivity index (χ0) is 22.7. The van der Waals surface area contributed by atoms with Crippen molar-refractivity contribution in [3.8, 4) is 0 Å². The summed E-state index contributed by atoms with van der Waals surface area (Å²) in [6.07, 6.45) is 12.5. The number of likely N-dealkylation sites (tertiary alicyclic amines) is 1. The number of methoxy groups -OCH3 is 1. The summed E-state index contributed by atoms with van der Waals surface area (Å²) >= 11 is -0.952. The predicted molar refractivity (Wildman–Crippen MR) is 143 cm³/mol. The number of nitrogens with two attached hydrogens (primary N) is 1. The van der Waals surface area contributed by atoms with Crippen LogP contribution in [-0.2, 0) is 4.74 Å². The maximum atomic E-state index is 6.00. The third-order valence-electron chi connectivity index (χ3n) is 6.67. The van der Waals surface area contributed by atoms with Crippen molar-refractivity contribution in [2.45, 2.75) is 65.1 Å². The summed E-state index contributed by atoms with van der Waals surface area (Å²) < 4.78 is 12.8. The number of rotatable bonds is 5. The van der Waals surface area contributed by atoms with Gasteiger partial charge in [-0.1, -0.05) is 0 Å². The van der Waals surface area contributed by atoms with Crippen molar-refractivity contribution in [2.75, 3.05) is 29.1 Å². The molecule has 0 radical (unpaired) electrons. The second-order valence-electron chi connectivity index (χ2n) is 9.69. The molecule has 0 aromatic carbocycles. The summed E-state index contributed by atoms with van der Waals surface area (Å²) in [5.41, 5.74) is 9.54. The van der Waals surface area contributed by atoms with E-state index >= 15 is 0 Å². The Morgan fingerprint density at radius 2 is 2.09 bits per heavy atom. The Kier molecular flexibility index (Phi) is 8.10. The van der Waals surface area contributed by atoms with Crippen molar-refractivity contribution < 1.29 is 4.74 Å². The van der Waals surface area contributed by atoms with Gasteiger partial charge in [0.25, 0.3) is 0 Å². The molecule has 7 heteroatoms. The molecule has 178 valence electrons. The summed E-state index contributed by atoms with van der Waals surface area (Å²) in [6, 6.07) is 0.676. The number of hydrogen-bond acceptors (Lipinski definition) is 6. The van der Waals surface area contributed by atoms with E-state index in [0.717, 1.165) is 42.5 Å². The van der Waals surface area contributed by atoms with E-state index in [1.54, 1.807) is 7.11 Å². The number of allylic oxidation sites excluding steroid dienone is 4. The molecule has 0 spiro atoms. The molecule has 6 nitrogen and oxygen atoms in total. The van der Waals surface area contributed by atoms with Crippen LogP contribution in [-0.4, -0.2) is 57.8 Å². The van der Waals surface area contributed by atoms with Gasteiger partial charge in [-0.2, -0.15) is 0 Å². The first-order valence-electron chi connectivity index (χ1n) is 12.1. The first-order chi connectivity index (χ1) is 15.4. The second kappa shape index (κ2) is 10.8. The number of nitrogens with zero attached hydrogens (tertiary/aromatic N) is 3. The van der Waals surface area contributed by atoms with Crippen molar-refractivity contribution in [1.29, 1.82) is 0 Å². The average Bonchev–Trinajstić information content (AvgIpc) is 2.77. The molecule has 32 heavy (non-hydrogen) atoms. The average molecular weight is 554 g/mol. The summed E-state index contributed by atoms with van der Waals surface area (Å²) in [6.45, 7) is 8.54. The van der Waals surface area contributed by atoms with E-state index in [2.05, 4.69) is 45.5 Å². The van der Waals surface area contributed by atoms with Crippen LogP contribution in [0.1, 0.15) is 52.9 Å². The molecule has 3 atom stereocenters. The van der Waals surface area contributed by atoms with Gasteiger partial charge in [0.2, 0.25) is 0 Å². The first-order valence-corrected chi connectivity index (χ1v) is 16.2. The number of hydrogen-bond donors (Lipinski definition) is 2. The number of alkyl halides is 2. The molecule has 4 rings (SSSR count). The van der Waals surface area contributed by atoms with Crippen LogP contribution in [0.5, 0.6) is 0 Å². The molecule has 2 fully saturated rings. The molecular formula is C25H40IN5O. The monoisotopic (exact) mass is 553 g/mol. The molecule has 3 heterocycles. The van der Waals surface area contributed by atoms with Gasteiger partial charge in [0.05, 0.1) is 0 Å². The molecule has 2 saturated heterocycles. The second-order valence-corrected chi connectivity index (χ2v) is 14.9. The van der Waals surface area contributed by atoms with E-state index < -0.39 is 20.1 Å². The van der Waals surface area contributed by atoms with Gasteiger partial charge in [-0.05, 0) is 0 Å². The van der Waals surface area contributed by atoms with Crippen LogP contribution in [0.2, 0.25) is 0 Å². The minimum atomic E-state index is -0.952. The van der Waals surface area contributed by atoms with Crippen LogP contribution >= 0.6 is 20.1 Å². The van der Waals surface area contributed by atoms with Crippen LogP contribution < -0.4 is 9.26 Å². The zero-order valence-corrected chi connectivity index (χ0v) is 22.3. The SMILES string of the molecule is COC(=NC(C)N)C1=C(N2CCC(NI3CCCC(C)C3)CC2)N=C2C=CC(C)=CC2C1. The Balaban J connectivity index is 1.51. The Hall–Kier alpha value is -1.19. The quantitative estimate of drug-likeness (QED) is 0.174. The number of halogens is 1. The van der Waals surface area contributed by atoms with Crippen molar-refractivity contribution >= 4 is 31.7 Å². The summed E-state index contributed by atoms with van der Waals surface area (Å²) in [4.78, 5) is 12.2. The summed E-state index contributed by atoms with van der Waals surface area (Å²) in [5, 5.41) is 0. The number of piperidine rings is 1. The van der Waals surface area contributed by atoms with Gasteiger partial charge in [-0.25, -0.2) is 0 Å². The molecule has 4 aliphatic rings. The van der Waals surface area contributed by atoms with E-state index in [4.69, 9.17) is 15.5 Å². The topological polar surface area (TPSA) is 75.2 Å². The standard InChI is InChI=1S/C25H40IN5O/c1-17-7-8-23-20(14-17)15-22(25(32-4)28-19(3)27)24(29-23)31-12-9-21(10-13-31)30-26-11-5-6-18(2)16-26/h7-8,14,18-21,30H,5-6,9-13,15-16,27H2,1-4H3. The molecule has 3 unspecified atom stereocenters. The molecular weight excluding hydrogens is 513 g/mol. The Bertz CT molecular complexity index is 835. The van der Waals surface area contributed by atoms with Crippen LogP contribution in [0.4, 0.5) is 0 Å². The van der Waals surface area contributed by atoms with E-state index in [-0.39, 0.29) is 12.1 Å². The number of fused-ring (bicyclic) bond motifs is 1. The van der Waals surface area contributed by atoms with Gasteiger partial charge in [0.15, 0.2) is 0 Å². The van der Waals surface area contributed by atoms with Crippen LogP contribution in [0.25, 0.3) is 0 Å². The van der Waals surface area contributed by atoms with E-state index in [1.165, 1.54) is 40.1 Å². The van der Waals surface area contributed by atoms with Crippen LogP contribution in [0.3, 0.4) is 0 Å². The molecule has 0 aromatic heterocycles. The maximum absolute atomic E-state index is 6.00. The number of nitrogens with one attached hydrogen (secondary N) is 1. The molecule has 0 amide bonds. The summed E-state index contributed by atoms with van der Waals surface area (Å²) in [5.74, 6) is 2.89. The van der Waals surface area contributed by atoms with Gasteiger partial charge >= 0.3 is 202 Å². The third kappa shape index (κ3) is 5.83. The molecule has 0 bridgehead atoms. The fourth-order valence-electron chi connectivity index (χ4n) is 5.04.